The Morgan fingerprint density at radius 3 is 2.89 bits per heavy atom. The minimum atomic E-state index is -0.526. The summed E-state index contributed by atoms with van der Waals surface area (Å²) >= 11 is 0. The minimum absolute atomic E-state index is 0.250. The van der Waals surface area contributed by atoms with Gasteiger partial charge in [-0.05, 0) is 18.2 Å². The summed E-state index contributed by atoms with van der Waals surface area (Å²) in [4.78, 5) is 11.3. The first kappa shape index (κ1) is 12.7. The number of carbonyl (C=O) groups excluding carboxylic acids is 1. The van der Waals surface area contributed by atoms with Gasteiger partial charge in [0.05, 0.1) is 13.2 Å². The average molecular weight is 253 g/mol. The van der Waals surface area contributed by atoms with Crippen LogP contribution >= 0.6 is 0 Å². The zero-order valence-electron chi connectivity index (χ0n) is 10.6. The maximum absolute atomic E-state index is 13.9. The maximum atomic E-state index is 13.9. The van der Waals surface area contributed by atoms with Crippen molar-refractivity contribution < 1.29 is 18.7 Å². The molecule has 4 nitrogen and oxygen atoms in total. The summed E-state index contributed by atoms with van der Waals surface area (Å²) in [5.41, 5.74) is 0.0252. The fraction of sp³-hybridized carbons (Fsp3) is 0.462. The standard InChI is InChI=1S/C13H16FNO3/c1-13(2)7-18-12(16)15-11(13)9-6-8(17-3)4-5-10(9)14/h4-6,11H,7H2,1-3H3,(H,15,16)/t11-/m0/s1. The molecule has 1 fully saturated rings. The Morgan fingerprint density at radius 1 is 1.50 bits per heavy atom. The van der Waals surface area contributed by atoms with E-state index >= 15 is 0 Å². The van der Waals surface area contributed by atoms with Crippen LogP contribution in [-0.2, 0) is 4.74 Å². The number of carbonyl (C=O) groups is 1. The molecule has 0 bridgehead atoms. The van der Waals surface area contributed by atoms with Crippen molar-refractivity contribution >= 4 is 6.09 Å². The summed E-state index contributed by atoms with van der Waals surface area (Å²) in [5.74, 6) is 0.194. The third kappa shape index (κ3) is 2.25. The average Bonchev–Trinajstić information content (AvgIpc) is 2.33. The fourth-order valence-electron chi connectivity index (χ4n) is 2.06. The van der Waals surface area contributed by atoms with Crippen LogP contribution in [0.2, 0.25) is 0 Å². The Balaban J connectivity index is 2.42. The first-order valence-corrected chi connectivity index (χ1v) is 5.71. The molecule has 5 heteroatoms. The van der Waals surface area contributed by atoms with Gasteiger partial charge in [0.1, 0.15) is 18.2 Å². The van der Waals surface area contributed by atoms with Gasteiger partial charge < -0.3 is 14.8 Å². The molecular formula is C13H16FNO3. The molecule has 0 saturated carbocycles. The lowest BCUT2D eigenvalue weighted by Gasteiger charge is -2.38. The second kappa shape index (κ2) is 4.48. The second-order valence-corrected chi connectivity index (χ2v) is 5.03. The molecule has 1 amide bonds. The Labute approximate surface area is 105 Å². The highest BCUT2D eigenvalue weighted by Gasteiger charge is 2.39. The van der Waals surface area contributed by atoms with E-state index in [9.17, 15) is 9.18 Å². The van der Waals surface area contributed by atoms with E-state index in [1.165, 1.54) is 13.2 Å². The number of amides is 1. The van der Waals surface area contributed by atoms with Crippen LogP contribution in [0.1, 0.15) is 25.5 Å². The Hall–Kier alpha value is -1.78. The molecule has 1 aliphatic heterocycles. The van der Waals surface area contributed by atoms with E-state index in [1.807, 2.05) is 13.8 Å². The number of hydrogen-bond donors (Lipinski definition) is 1. The van der Waals surface area contributed by atoms with E-state index in [1.54, 1.807) is 12.1 Å². The number of nitrogens with one attached hydrogen (secondary N) is 1. The van der Waals surface area contributed by atoms with Gasteiger partial charge >= 0.3 is 6.09 Å². The molecule has 2 rings (SSSR count). The number of alkyl carbamates (subject to hydrolysis) is 1. The monoisotopic (exact) mass is 253 g/mol. The van der Waals surface area contributed by atoms with Gasteiger partial charge in [-0.1, -0.05) is 13.8 Å². The third-order valence-corrected chi connectivity index (χ3v) is 3.13. The van der Waals surface area contributed by atoms with Gasteiger partial charge in [0.2, 0.25) is 0 Å². The van der Waals surface area contributed by atoms with Gasteiger partial charge in [-0.15, -0.1) is 0 Å². The van der Waals surface area contributed by atoms with Gasteiger partial charge in [0.25, 0.3) is 0 Å². The maximum Gasteiger partial charge on any atom is 0.407 e. The molecule has 18 heavy (non-hydrogen) atoms. The Bertz CT molecular complexity index is 473. The summed E-state index contributed by atoms with van der Waals surface area (Å²) in [6.07, 6.45) is -0.526. The third-order valence-electron chi connectivity index (χ3n) is 3.13. The predicted molar refractivity (Wildman–Crippen MR) is 64.0 cm³/mol. The lowest BCUT2D eigenvalue weighted by Crippen LogP contribution is -2.47. The molecule has 1 N–H and O–H groups in total. The fourth-order valence-corrected chi connectivity index (χ4v) is 2.06. The molecule has 1 heterocycles. The molecule has 0 aliphatic carbocycles. The topological polar surface area (TPSA) is 47.6 Å². The Kier molecular flexibility index (Phi) is 3.15. The largest absolute Gasteiger partial charge is 0.497 e. The van der Waals surface area contributed by atoms with Gasteiger partial charge in [-0.25, -0.2) is 9.18 Å². The number of hydrogen-bond acceptors (Lipinski definition) is 3. The van der Waals surface area contributed by atoms with Gasteiger partial charge in [0, 0.05) is 11.0 Å². The Morgan fingerprint density at radius 2 is 2.22 bits per heavy atom. The van der Waals surface area contributed by atoms with Gasteiger partial charge in [0.15, 0.2) is 0 Å². The van der Waals surface area contributed by atoms with E-state index in [-0.39, 0.29) is 17.8 Å². The number of ether oxygens (including phenoxy) is 2. The van der Waals surface area contributed by atoms with Crippen molar-refractivity contribution in [1.29, 1.82) is 0 Å². The molecule has 1 aliphatic rings. The number of benzene rings is 1. The quantitative estimate of drug-likeness (QED) is 0.881. The first-order chi connectivity index (χ1) is 8.44. The highest BCUT2D eigenvalue weighted by atomic mass is 19.1. The van der Waals surface area contributed by atoms with Crippen LogP contribution in [0.3, 0.4) is 0 Å². The van der Waals surface area contributed by atoms with Crippen LogP contribution in [-0.4, -0.2) is 19.8 Å². The van der Waals surface area contributed by atoms with Crippen LogP contribution in [0.4, 0.5) is 9.18 Å². The van der Waals surface area contributed by atoms with Crippen molar-refractivity contribution in [2.45, 2.75) is 19.9 Å². The summed E-state index contributed by atoms with van der Waals surface area (Å²) < 4.78 is 23.9. The summed E-state index contributed by atoms with van der Waals surface area (Å²) in [5, 5.41) is 2.66. The molecule has 98 valence electrons. The van der Waals surface area contributed by atoms with Gasteiger partial charge in [-0.2, -0.15) is 0 Å². The lowest BCUT2D eigenvalue weighted by atomic mass is 9.80. The van der Waals surface area contributed by atoms with Crippen molar-refractivity contribution in [1.82, 2.24) is 5.32 Å². The van der Waals surface area contributed by atoms with E-state index in [0.29, 0.717) is 11.3 Å². The van der Waals surface area contributed by atoms with Gasteiger partial charge in [-0.3, -0.25) is 0 Å². The van der Waals surface area contributed by atoms with E-state index in [2.05, 4.69) is 5.32 Å². The van der Waals surface area contributed by atoms with Crippen molar-refractivity contribution in [3.05, 3.63) is 29.6 Å². The summed E-state index contributed by atoms with van der Waals surface area (Å²) in [7, 11) is 1.52. The zero-order chi connectivity index (χ0) is 13.3. The van der Waals surface area contributed by atoms with Crippen molar-refractivity contribution in [2.75, 3.05) is 13.7 Å². The van der Waals surface area contributed by atoms with Crippen molar-refractivity contribution in [3.8, 4) is 5.75 Å². The van der Waals surface area contributed by atoms with E-state index < -0.39 is 12.1 Å². The minimum Gasteiger partial charge on any atom is -0.497 e. The molecule has 0 aromatic heterocycles. The first-order valence-electron chi connectivity index (χ1n) is 5.71. The number of halogens is 1. The van der Waals surface area contributed by atoms with Crippen molar-refractivity contribution in [3.63, 3.8) is 0 Å². The molecule has 0 radical (unpaired) electrons. The van der Waals surface area contributed by atoms with Crippen LogP contribution < -0.4 is 10.1 Å². The number of rotatable bonds is 2. The number of cyclic esters (lactones) is 1. The molecule has 1 aromatic carbocycles. The summed E-state index contributed by atoms with van der Waals surface area (Å²) in [6.45, 7) is 4.08. The van der Waals surface area contributed by atoms with Crippen LogP contribution in [0.5, 0.6) is 5.75 Å². The van der Waals surface area contributed by atoms with E-state index in [0.717, 1.165) is 0 Å². The molecule has 1 saturated heterocycles. The molecule has 0 unspecified atom stereocenters. The number of methoxy groups -OCH3 is 1. The lowest BCUT2D eigenvalue weighted by molar-refractivity contribution is 0.0377. The predicted octanol–water partition coefficient (Wildman–Crippen LogP) is 2.64. The van der Waals surface area contributed by atoms with Crippen LogP contribution in [0, 0.1) is 11.2 Å². The zero-order valence-corrected chi connectivity index (χ0v) is 10.6. The normalized spacial score (nSPS) is 22.0. The molecular weight excluding hydrogens is 237 g/mol. The highest BCUT2D eigenvalue weighted by molar-refractivity contribution is 5.69. The SMILES string of the molecule is COc1ccc(F)c([C@@H]2NC(=O)OCC2(C)C)c1. The van der Waals surface area contributed by atoms with Crippen molar-refractivity contribution in [2.24, 2.45) is 5.41 Å². The van der Waals surface area contributed by atoms with Crippen LogP contribution in [0.15, 0.2) is 18.2 Å². The smallest absolute Gasteiger partial charge is 0.407 e. The summed E-state index contributed by atoms with van der Waals surface area (Å²) in [6, 6.07) is 4.06. The molecule has 1 atom stereocenters. The second-order valence-electron chi connectivity index (χ2n) is 5.03. The molecule has 1 aromatic rings. The van der Waals surface area contributed by atoms with E-state index in [4.69, 9.17) is 9.47 Å². The molecule has 0 spiro atoms. The highest BCUT2D eigenvalue weighted by Crippen LogP contribution is 2.38. The van der Waals surface area contributed by atoms with Crippen LogP contribution in [0.25, 0.3) is 0 Å².